The predicted molar refractivity (Wildman–Crippen MR) is 458 cm³/mol. The van der Waals surface area contributed by atoms with Crippen molar-refractivity contribution in [3.05, 3.63) is 248 Å². The summed E-state index contributed by atoms with van der Waals surface area (Å²) in [5, 5.41) is 9.10. The molecule has 0 saturated carbocycles. The number of ether oxygens (including phenoxy) is 3. The van der Waals surface area contributed by atoms with Crippen molar-refractivity contribution in [3.63, 3.8) is 0 Å². The molecule has 16 heteroatoms. The first-order chi connectivity index (χ1) is 51.9. The smallest absolute Gasteiger partial charge is 0.340 e. The molecule has 4 aliphatic rings. The van der Waals surface area contributed by atoms with Crippen LogP contribution >= 0.6 is 22.6 Å². The number of carboxylic acid groups (broad SMARTS) is 1. The summed E-state index contributed by atoms with van der Waals surface area (Å²) in [5.74, 6) is -5.56. The third-order valence-electron chi connectivity index (χ3n) is 24.4. The molecule has 8 aromatic carbocycles. The summed E-state index contributed by atoms with van der Waals surface area (Å²) in [6.07, 6.45) is 10.1. The van der Waals surface area contributed by atoms with E-state index < -0.39 is 47.1 Å². The van der Waals surface area contributed by atoms with Gasteiger partial charge in [0.2, 0.25) is 0 Å². The lowest BCUT2D eigenvalue weighted by Gasteiger charge is -2.43. The fraction of sp³-hybridized carbons (Fsp3) is 0.458. The van der Waals surface area contributed by atoms with E-state index in [-0.39, 0.29) is 60.2 Å². The molecule has 11 nitrogen and oxygen atoms in total. The molecule has 0 atom stereocenters. The Morgan fingerprint density at radius 3 is 0.991 bits per heavy atom. The van der Waals surface area contributed by atoms with Gasteiger partial charge in [-0.1, -0.05) is 147 Å². The van der Waals surface area contributed by atoms with Gasteiger partial charge in [-0.25, -0.2) is 36.7 Å². The maximum Gasteiger partial charge on any atom is 0.340 e. The third kappa shape index (κ3) is 19.5. The lowest BCUT2D eigenvalue weighted by atomic mass is 9.62. The summed E-state index contributed by atoms with van der Waals surface area (Å²) in [7, 11) is 3.74. The van der Waals surface area contributed by atoms with Crippen molar-refractivity contribution < 1.29 is 56.1 Å². The molecule has 0 spiro atoms. The second kappa shape index (κ2) is 34.3. The van der Waals surface area contributed by atoms with E-state index in [4.69, 9.17) is 10.8 Å². The van der Waals surface area contributed by atoms with Crippen molar-refractivity contribution in [3.8, 4) is 0 Å². The molecule has 0 aliphatic heterocycles. The molecule has 0 unspecified atom stereocenters. The molecule has 3 N–H and O–H groups in total. The summed E-state index contributed by atoms with van der Waals surface area (Å²) in [6.45, 7) is 50.9. The van der Waals surface area contributed by atoms with Gasteiger partial charge in [-0.2, -0.15) is 0 Å². The van der Waals surface area contributed by atoms with Gasteiger partial charge in [-0.15, -0.1) is 0 Å². The van der Waals surface area contributed by atoms with Crippen LogP contribution in [0.15, 0.2) is 121 Å². The van der Waals surface area contributed by atoms with E-state index in [1.165, 1.54) is 162 Å². The zero-order valence-corrected chi connectivity index (χ0v) is 73.1. The van der Waals surface area contributed by atoms with Crippen LogP contribution in [0.3, 0.4) is 0 Å². The van der Waals surface area contributed by atoms with Gasteiger partial charge in [0.1, 0.15) is 23.3 Å². The largest absolute Gasteiger partial charge is 0.478 e. The molecular weight excluding hydrogens is 1530 g/mol. The van der Waals surface area contributed by atoms with Crippen LogP contribution in [-0.2, 0) is 64.0 Å². The Kier molecular flexibility index (Phi) is 27.3. The standard InChI is InChI=1S/C25H32FNO2.C24H30FNO2.C24H29FO2.C15H23N.C8H6FIO2/c1-8-27(17-9-10-18(21(26)14-17)23(28)29-7)22-15-20-19(13-16(22)2)24(3,4)11-12-25(20,5)6;1-7-26(16-8-9-17(22(27)28)20(25)13-16)21-14-19-18(12-15(21)2)23(3,4)10-11-24(19,5)6;1-15-11-19-20(24(4,5)10-9-23(19,2)3)14-17(15)12-16-7-8-18(21(25)13-16)22(26)27-6;1-10-8-11-12(9-13(10)16)15(4,5)7-6-14(11,2)3;1-12-8(11)6-3-2-5(10)4-7(6)9/h9-10,13-15H,8,11-12H2,1-7H3;8-9,12-14H,7,10-11H2,1-6H3,(H,27,28);7-8,11,13-14H,9-10,12H2,1-6H3;8-9H,6-7,16H2,1-5H3;2-4H,1H3. The minimum atomic E-state index is -1.25. The number of hydrogen-bond acceptors (Lipinski definition) is 10. The first-order valence-corrected chi connectivity index (χ1v) is 40.2. The molecule has 112 heavy (non-hydrogen) atoms. The van der Waals surface area contributed by atoms with Crippen molar-refractivity contribution in [2.75, 3.05) is 50.0 Å². The van der Waals surface area contributed by atoms with Gasteiger partial charge in [0.05, 0.1) is 43.6 Å². The van der Waals surface area contributed by atoms with Crippen LogP contribution in [0, 0.1) is 54.5 Å². The maximum atomic E-state index is 14.6. The van der Waals surface area contributed by atoms with E-state index in [0.717, 1.165) is 63.1 Å². The number of rotatable bonds is 12. The van der Waals surface area contributed by atoms with Gasteiger partial charge in [-0.3, -0.25) is 0 Å². The van der Waals surface area contributed by atoms with E-state index in [2.05, 4.69) is 218 Å². The maximum absolute atomic E-state index is 14.6. The summed E-state index contributed by atoms with van der Waals surface area (Å²) < 4.78 is 70.5. The van der Waals surface area contributed by atoms with E-state index in [1.807, 2.05) is 35.6 Å². The second-order valence-corrected chi connectivity index (χ2v) is 37.5. The number of carbonyl (C=O) groups is 4. The highest BCUT2D eigenvalue weighted by molar-refractivity contribution is 14.1. The molecule has 0 saturated heterocycles. The molecule has 0 bridgehead atoms. The van der Waals surface area contributed by atoms with Crippen molar-refractivity contribution in [2.45, 2.75) is 253 Å². The number of hydrogen-bond donors (Lipinski definition) is 2. The Morgan fingerprint density at radius 2 is 0.670 bits per heavy atom. The molecule has 0 heterocycles. The zero-order chi connectivity index (χ0) is 83.7. The lowest BCUT2D eigenvalue weighted by Crippen LogP contribution is -2.34. The fourth-order valence-electron chi connectivity index (χ4n) is 16.4. The van der Waals surface area contributed by atoms with Crippen LogP contribution in [0.25, 0.3) is 0 Å². The average Bonchev–Trinajstić information content (AvgIpc) is 0.759. The molecular formula is C96H120F4IN3O8. The van der Waals surface area contributed by atoms with Crippen molar-refractivity contribution in [2.24, 2.45) is 0 Å². The van der Waals surface area contributed by atoms with Gasteiger partial charge in [0.25, 0.3) is 0 Å². The zero-order valence-electron chi connectivity index (χ0n) is 71.0. The Bertz CT molecular complexity index is 4830. The van der Waals surface area contributed by atoms with E-state index in [1.54, 1.807) is 18.2 Å². The minimum Gasteiger partial charge on any atom is -0.478 e. The lowest BCUT2D eigenvalue weighted by molar-refractivity contribution is 0.0586. The number of benzene rings is 8. The Hall–Kier alpha value is -8.51. The molecule has 12 rings (SSSR count). The van der Waals surface area contributed by atoms with Gasteiger partial charge in [-0.05, 0) is 328 Å². The highest BCUT2D eigenvalue weighted by Crippen LogP contribution is 2.52. The first kappa shape index (κ1) is 89.0. The summed E-state index contributed by atoms with van der Waals surface area (Å²) in [6, 6.07) is 36.5. The summed E-state index contributed by atoms with van der Waals surface area (Å²) >= 11 is 1.97. The van der Waals surface area contributed by atoms with Crippen molar-refractivity contribution in [1.29, 1.82) is 0 Å². The molecule has 0 amide bonds. The quantitative estimate of drug-likeness (QED) is 0.0396. The average molecular weight is 1650 g/mol. The number of nitrogens with zero attached hydrogens (tertiary/aromatic N) is 2. The van der Waals surface area contributed by atoms with Crippen LogP contribution in [0.4, 0.5) is 46.0 Å². The van der Waals surface area contributed by atoms with Crippen molar-refractivity contribution in [1.82, 2.24) is 0 Å². The topological polar surface area (TPSA) is 149 Å². The first-order valence-electron chi connectivity index (χ1n) is 39.2. The number of fused-ring (bicyclic) bond motifs is 4. The Labute approximate surface area is 678 Å². The normalized spacial score (nSPS) is 16.9. The summed E-state index contributed by atoms with van der Waals surface area (Å²) in [5.41, 5.74) is 29.7. The number of methoxy groups -OCH3 is 3. The van der Waals surface area contributed by atoms with Crippen LogP contribution in [-0.4, -0.2) is 63.4 Å². The van der Waals surface area contributed by atoms with Crippen LogP contribution in [0.2, 0.25) is 0 Å². The number of carboxylic acids is 1. The van der Waals surface area contributed by atoms with Gasteiger partial charge >= 0.3 is 23.9 Å². The summed E-state index contributed by atoms with van der Waals surface area (Å²) in [4.78, 5) is 49.5. The van der Waals surface area contributed by atoms with Crippen LogP contribution in [0.5, 0.6) is 0 Å². The van der Waals surface area contributed by atoms with Gasteiger partial charge < -0.3 is 34.9 Å². The van der Waals surface area contributed by atoms with E-state index >= 15 is 0 Å². The minimum absolute atomic E-state index is 0.0219. The number of carbonyl (C=O) groups excluding carboxylic acids is 3. The van der Waals surface area contributed by atoms with E-state index in [0.29, 0.717) is 30.6 Å². The number of aromatic carboxylic acids is 1. The highest BCUT2D eigenvalue weighted by atomic mass is 127. The third-order valence-corrected chi connectivity index (χ3v) is 25.1. The SMILES string of the molecule is CCN(c1ccc(C(=O)O)c(F)c1)c1cc2c(cc1C)C(C)(C)CCC2(C)C.CCN(c1ccc(C(=O)OC)c(F)c1)c1cc2c(cc1C)C(C)(C)CCC2(C)C.COC(=O)c1ccc(Cc2cc3c(cc2C)C(C)(C)CCC3(C)C)cc1F.COC(=O)c1ccc(I)cc1F.Cc1cc2c(cc1N)C(C)(C)CCC2(C)C. The number of nitrogens with two attached hydrogens (primary N) is 1. The highest BCUT2D eigenvalue weighted by Gasteiger charge is 2.42. The molecule has 0 aromatic heterocycles. The molecule has 602 valence electrons. The fourth-order valence-corrected chi connectivity index (χ4v) is 16.9. The van der Waals surface area contributed by atoms with Crippen LogP contribution < -0.4 is 15.5 Å². The number of halogens is 5. The molecule has 0 fully saturated rings. The van der Waals surface area contributed by atoms with Gasteiger partial charge in [0.15, 0.2) is 0 Å². The molecule has 4 aliphatic carbocycles. The second-order valence-electron chi connectivity index (χ2n) is 36.2. The molecule has 8 aromatic rings. The number of esters is 3. The monoisotopic (exact) mass is 1650 g/mol. The Balaban J connectivity index is 0.000000181. The number of nitrogen functional groups attached to an aromatic ring is 1. The van der Waals surface area contributed by atoms with Gasteiger partial charge in [0, 0.05) is 45.1 Å². The number of anilines is 5. The molecule has 0 radical (unpaired) electrons. The Morgan fingerprint density at radius 1 is 0.384 bits per heavy atom. The van der Waals surface area contributed by atoms with Crippen molar-refractivity contribution >= 4 is 74.9 Å². The number of aryl methyl sites for hydroxylation is 4. The van der Waals surface area contributed by atoms with E-state index in [9.17, 15) is 36.7 Å². The predicted octanol–water partition coefficient (Wildman–Crippen LogP) is 24.8. The van der Waals surface area contributed by atoms with Crippen LogP contribution in [0.1, 0.15) is 295 Å².